The highest BCUT2D eigenvalue weighted by Crippen LogP contribution is 2.40. The van der Waals surface area contributed by atoms with Gasteiger partial charge in [-0.15, -0.1) is 0 Å². The molecule has 1 fully saturated rings. The first-order valence-corrected chi connectivity index (χ1v) is 5.83. The molecule has 0 radical (unpaired) electrons. The van der Waals surface area contributed by atoms with E-state index in [4.69, 9.17) is 5.26 Å². The minimum absolute atomic E-state index is 0.0382. The van der Waals surface area contributed by atoms with Gasteiger partial charge in [0.15, 0.2) is 0 Å². The second kappa shape index (κ2) is 4.61. The van der Waals surface area contributed by atoms with Crippen molar-refractivity contribution in [2.24, 2.45) is 5.41 Å². The molecule has 94 valence electrons. The van der Waals surface area contributed by atoms with Gasteiger partial charge in [0, 0.05) is 12.7 Å². The summed E-state index contributed by atoms with van der Waals surface area (Å²) < 4.78 is 0. The number of pyridine rings is 1. The predicted octanol–water partition coefficient (Wildman–Crippen LogP) is 2.46. The number of nitrogens with one attached hydrogen (secondary N) is 1. The highest BCUT2D eigenvalue weighted by Gasteiger charge is 2.32. The number of hydrogen-bond acceptors (Lipinski definition) is 5. The van der Waals surface area contributed by atoms with Crippen molar-refractivity contribution in [3.8, 4) is 6.07 Å². The molecule has 0 aliphatic heterocycles. The average molecular weight is 246 g/mol. The number of nitrogens with zero attached hydrogens (tertiary/aromatic N) is 3. The van der Waals surface area contributed by atoms with E-state index < -0.39 is 4.92 Å². The largest absolute Gasteiger partial charge is 0.364 e. The van der Waals surface area contributed by atoms with Crippen LogP contribution in [0.4, 0.5) is 11.5 Å². The SMILES string of the molecule is CC1(CNc2nccc(C#N)c2[N+](=O)[O-])CCC1. The summed E-state index contributed by atoms with van der Waals surface area (Å²) in [5.41, 5.74) is -0.00254. The topological polar surface area (TPSA) is 91.8 Å². The van der Waals surface area contributed by atoms with E-state index in [1.54, 1.807) is 0 Å². The number of rotatable bonds is 4. The van der Waals surface area contributed by atoms with Crippen LogP contribution in [-0.4, -0.2) is 16.5 Å². The fraction of sp³-hybridized carbons (Fsp3) is 0.500. The van der Waals surface area contributed by atoms with Crippen molar-refractivity contribution >= 4 is 11.5 Å². The highest BCUT2D eigenvalue weighted by molar-refractivity contribution is 5.64. The van der Waals surface area contributed by atoms with Gasteiger partial charge in [0.05, 0.1) is 4.92 Å². The summed E-state index contributed by atoms with van der Waals surface area (Å²) in [7, 11) is 0. The molecule has 2 rings (SSSR count). The van der Waals surface area contributed by atoms with Crippen molar-refractivity contribution in [2.45, 2.75) is 26.2 Å². The Bertz CT molecular complexity index is 517. The van der Waals surface area contributed by atoms with Crippen LogP contribution < -0.4 is 5.32 Å². The standard InChI is InChI=1S/C12H14N4O2/c1-12(4-2-5-12)8-15-11-10(16(17)18)9(7-13)3-6-14-11/h3,6H,2,4-5,8H2,1H3,(H,14,15). The van der Waals surface area contributed by atoms with Crippen LogP contribution in [0.2, 0.25) is 0 Å². The molecule has 0 amide bonds. The monoisotopic (exact) mass is 246 g/mol. The molecule has 1 heterocycles. The van der Waals surface area contributed by atoms with E-state index in [0.717, 1.165) is 12.8 Å². The van der Waals surface area contributed by atoms with Gasteiger partial charge in [-0.25, -0.2) is 4.98 Å². The van der Waals surface area contributed by atoms with Gasteiger partial charge in [-0.3, -0.25) is 10.1 Å². The lowest BCUT2D eigenvalue weighted by atomic mass is 9.70. The van der Waals surface area contributed by atoms with Crippen LogP contribution in [0.3, 0.4) is 0 Å². The Labute approximate surface area is 105 Å². The van der Waals surface area contributed by atoms with Crippen LogP contribution in [0.25, 0.3) is 0 Å². The molecule has 1 saturated carbocycles. The quantitative estimate of drug-likeness (QED) is 0.650. The normalized spacial score (nSPS) is 16.4. The van der Waals surface area contributed by atoms with Crippen LogP contribution in [-0.2, 0) is 0 Å². The van der Waals surface area contributed by atoms with E-state index in [1.165, 1.54) is 18.7 Å². The Morgan fingerprint density at radius 3 is 2.89 bits per heavy atom. The number of nitriles is 1. The Morgan fingerprint density at radius 2 is 2.39 bits per heavy atom. The van der Waals surface area contributed by atoms with Crippen molar-refractivity contribution < 1.29 is 4.92 Å². The van der Waals surface area contributed by atoms with E-state index in [0.29, 0.717) is 6.54 Å². The minimum Gasteiger partial charge on any atom is -0.364 e. The molecular weight excluding hydrogens is 232 g/mol. The molecule has 1 aliphatic rings. The van der Waals surface area contributed by atoms with E-state index >= 15 is 0 Å². The third-order valence-corrected chi connectivity index (χ3v) is 3.47. The fourth-order valence-corrected chi connectivity index (χ4v) is 2.11. The van der Waals surface area contributed by atoms with Crippen LogP contribution in [0, 0.1) is 26.9 Å². The molecule has 0 saturated heterocycles. The summed E-state index contributed by atoms with van der Waals surface area (Å²) in [4.78, 5) is 14.4. The molecule has 1 aliphatic carbocycles. The van der Waals surface area contributed by atoms with Gasteiger partial charge < -0.3 is 5.32 Å². The van der Waals surface area contributed by atoms with Gasteiger partial charge in [0.25, 0.3) is 0 Å². The lowest BCUT2D eigenvalue weighted by Gasteiger charge is -2.38. The van der Waals surface area contributed by atoms with Gasteiger partial charge in [-0.1, -0.05) is 13.3 Å². The summed E-state index contributed by atoms with van der Waals surface area (Å²) in [6, 6.07) is 3.18. The molecule has 6 nitrogen and oxygen atoms in total. The van der Waals surface area contributed by atoms with Crippen molar-refractivity contribution in [1.82, 2.24) is 4.98 Å². The van der Waals surface area contributed by atoms with Crippen LogP contribution >= 0.6 is 0 Å². The minimum atomic E-state index is -0.559. The highest BCUT2D eigenvalue weighted by atomic mass is 16.6. The summed E-state index contributed by atoms with van der Waals surface area (Å²) >= 11 is 0. The smallest absolute Gasteiger partial charge is 0.328 e. The first-order chi connectivity index (χ1) is 8.56. The molecule has 1 aromatic heterocycles. The molecule has 0 atom stereocenters. The lowest BCUT2D eigenvalue weighted by Crippen LogP contribution is -2.33. The Kier molecular flexibility index (Phi) is 3.15. The summed E-state index contributed by atoms with van der Waals surface area (Å²) in [5, 5.41) is 22.9. The third-order valence-electron chi connectivity index (χ3n) is 3.47. The maximum atomic E-state index is 11.0. The summed E-state index contributed by atoms with van der Waals surface area (Å²) in [6.07, 6.45) is 4.85. The molecule has 18 heavy (non-hydrogen) atoms. The average Bonchev–Trinajstić information content (AvgIpc) is 2.33. The molecule has 0 bridgehead atoms. The molecule has 6 heteroatoms. The zero-order valence-electron chi connectivity index (χ0n) is 10.1. The van der Waals surface area contributed by atoms with E-state index in [9.17, 15) is 10.1 Å². The van der Waals surface area contributed by atoms with Gasteiger partial charge in [-0.05, 0) is 24.3 Å². The fourth-order valence-electron chi connectivity index (χ4n) is 2.11. The first kappa shape index (κ1) is 12.3. The van der Waals surface area contributed by atoms with Crippen molar-refractivity contribution in [3.63, 3.8) is 0 Å². The molecular formula is C12H14N4O2. The Morgan fingerprint density at radius 1 is 1.67 bits per heavy atom. The maximum Gasteiger partial charge on any atom is 0.328 e. The van der Waals surface area contributed by atoms with E-state index in [1.807, 2.05) is 6.07 Å². The summed E-state index contributed by atoms with van der Waals surface area (Å²) in [6.45, 7) is 2.79. The predicted molar refractivity (Wildman–Crippen MR) is 66.1 cm³/mol. The Hall–Kier alpha value is -2.16. The van der Waals surface area contributed by atoms with Gasteiger partial charge in [0.2, 0.25) is 5.82 Å². The van der Waals surface area contributed by atoms with Crippen molar-refractivity contribution in [3.05, 3.63) is 27.9 Å². The van der Waals surface area contributed by atoms with Crippen LogP contribution in [0.1, 0.15) is 31.7 Å². The van der Waals surface area contributed by atoms with Crippen molar-refractivity contribution in [2.75, 3.05) is 11.9 Å². The second-order valence-corrected chi connectivity index (χ2v) is 4.94. The maximum absolute atomic E-state index is 11.0. The van der Waals surface area contributed by atoms with E-state index in [-0.39, 0.29) is 22.5 Å². The van der Waals surface area contributed by atoms with Crippen LogP contribution in [0.15, 0.2) is 12.3 Å². The second-order valence-electron chi connectivity index (χ2n) is 4.94. The van der Waals surface area contributed by atoms with E-state index in [2.05, 4.69) is 17.2 Å². The molecule has 1 aromatic rings. The van der Waals surface area contributed by atoms with Crippen molar-refractivity contribution in [1.29, 1.82) is 5.26 Å². The number of anilines is 1. The molecule has 0 spiro atoms. The molecule has 0 unspecified atom stereocenters. The number of aromatic nitrogens is 1. The third kappa shape index (κ3) is 2.25. The van der Waals surface area contributed by atoms with Gasteiger partial charge in [-0.2, -0.15) is 5.26 Å². The summed E-state index contributed by atoms with van der Waals surface area (Å²) in [5.74, 6) is 0.187. The zero-order valence-corrected chi connectivity index (χ0v) is 10.1. The molecule has 1 N–H and O–H groups in total. The molecule has 0 aromatic carbocycles. The Balaban J connectivity index is 2.22. The number of nitro groups is 1. The zero-order chi connectivity index (χ0) is 13.2. The van der Waals surface area contributed by atoms with Gasteiger partial charge in [0.1, 0.15) is 11.6 Å². The van der Waals surface area contributed by atoms with Crippen LogP contribution in [0.5, 0.6) is 0 Å². The van der Waals surface area contributed by atoms with Gasteiger partial charge >= 0.3 is 5.69 Å². The first-order valence-electron chi connectivity index (χ1n) is 5.83. The number of hydrogen-bond donors (Lipinski definition) is 1. The lowest BCUT2D eigenvalue weighted by molar-refractivity contribution is -0.384.